The van der Waals surface area contributed by atoms with Crippen molar-refractivity contribution in [3.63, 3.8) is 0 Å². The summed E-state index contributed by atoms with van der Waals surface area (Å²) >= 11 is 3.51. The fourth-order valence-electron chi connectivity index (χ4n) is 1.97. The summed E-state index contributed by atoms with van der Waals surface area (Å²) in [7, 11) is 0. The number of nitrogens with one attached hydrogen (secondary N) is 1. The Balaban J connectivity index is 2.23. The van der Waals surface area contributed by atoms with Crippen LogP contribution in [0.15, 0.2) is 47.1 Å². The van der Waals surface area contributed by atoms with Gasteiger partial charge in [-0.25, -0.2) is 0 Å². The number of hydrazine groups is 1. The van der Waals surface area contributed by atoms with Crippen molar-refractivity contribution >= 4 is 15.9 Å². The highest BCUT2D eigenvalue weighted by molar-refractivity contribution is 9.10. The van der Waals surface area contributed by atoms with E-state index < -0.39 is 0 Å². The molecule has 0 bridgehead atoms. The van der Waals surface area contributed by atoms with E-state index >= 15 is 0 Å². The molecule has 0 aliphatic carbocycles. The second-order valence-corrected chi connectivity index (χ2v) is 5.22. The smallest absolute Gasteiger partial charge is 0.0515 e. The second kappa shape index (κ2) is 6.09. The molecule has 2 rings (SSSR count). The first kappa shape index (κ1) is 13.2. The van der Waals surface area contributed by atoms with Crippen molar-refractivity contribution in [1.29, 1.82) is 0 Å². The van der Waals surface area contributed by atoms with Gasteiger partial charge in [0.25, 0.3) is 0 Å². The van der Waals surface area contributed by atoms with E-state index in [1.807, 2.05) is 18.2 Å². The van der Waals surface area contributed by atoms with Crippen LogP contribution < -0.4 is 11.3 Å². The van der Waals surface area contributed by atoms with E-state index in [-0.39, 0.29) is 6.04 Å². The number of halogens is 1. The second-order valence-electron chi connectivity index (χ2n) is 4.31. The third-order valence-electron chi connectivity index (χ3n) is 2.81. The van der Waals surface area contributed by atoms with Crippen LogP contribution in [0, 0.1) is 6.92 Å². The maximum absolute atomic E-state index is 5.66. The van der Waals surface area contributed by atoms with Crippen LogP contribution in [-0.4, -0.2) is 4.98 Å². The molecule has 1 unspecified atom stereocenters. The molecule has 0 radical (unpaired) electrons. The minimum atomic E-state index is 0.0658. The fourth-order valence-corrected chi connectivity index (χ4v) is 2.59. The van der Waals surface area contributed by atoms with Crippen LogP contribution in [0.4, 0.5) is 0 Å². The molecule has 0 aliphatic rings. The Morgan fingerprint density at radius 2 is 2.17 bits per heavy atom. The van der Waals surface area contributed by atoms with Crippen LogP contribution in [0.3, 0.4) is 0 Å². The van der Waals surface area contributed by atoms with Crippen molar-refractivity contribution in [3.8, 4) is 0 Å². The lowest BCUT2D eigenvalue weighted by molar-refractivity contribution is 0.545. The molecule has 1 atom stereocenters. The Morgan fingerprint density at radius 1 is 1.33 bits per heavy atom. The van der Waals surface area contributed by atoms with Crippen molar-refractivity contribution in [2.75, 3.05) is 0 Å². The molecular weight excluding hydrogens is 290 g/mol. The number of aryl methyl sites for hydroxylation is 1. The summed E-state index contributed by atoms with van der Waals surface area (Å²) in [4.78, 5) is 4.33. The van der Waals surface area contributed by atoms with Crippen molar-refractivity contribution in [1.82, 2.24) is 10.4 Å². The SMILES string of the molecule is Cc1cc(Br)cc(C(Cc2ccccn2)NN)c1. The van der Waals surface area contributed by atoms with E-state index in [2.05, 4.69) is 51.5 Å². The van der Waals surface area contributed by atoms with Gasteiger partial charge in [-0.3, -0.25) is 16.3 Å². The summed E-state index contributed by atoms with van der Waals surface area (Å²) in [5.74, 6) is 5.66. The van der Waals surface area contributed by atoms with Crippen molar-refractivity contribution in [3.05, 3.63) is 63.9 Å². The van der Waals surface area contributed by atoms with Crippen LogP contribution in [0.25, 0.3) is 0 Å². The summed E-state index contributed by atoms with van der Waals surface area (Å²) in [6.07, 6.45) is 2.57. The summed E-state index contributed by atoms with van der Waals surface area (Å²) in [6.45, 7) is 2.07. The summed E-state index contributed by atoms with van der Waals surface area (Å²) in [5, 5.41) is 0. The Kier molecular flexibility index (Phi) is 4.47. The fraction of sp³-hybridized carbons (Fsp3) is 0.214. The molecule has 2 aromatic rings. The van der Waals surface area contributed by atoms with Gasteiger partial charge in [0.2, 0.25) is 0 Å². The van der Waals surface area contributed by atoms with E-state index in [1.54, 1.807) is 6.20 Å². The largest absolute Gasteiger partial charge is 0.271 e. The van der Waals surface area contributed by atoms with Crippen LogP contribution in [0.1, 0.15) is 22.9 Å². The number of nitrogens with zero attached hydrogens (tertiary/aromatic N) is 1. The minimum Gasteiger partial charge on any atom is -0.271 e. The number of nitrogens with two attached hydrogens (primary N) is 1. The standard InChI is InChI=1S/C14H16BrN3/c1-10-6-11(8-12(15)7-10)14(18-16)9-13-4-2-3-5-17-13/h2-8,14,18H,9,16H2,1H3. The molecule has 3 nitrogen and oxygen atoms in total. The molecular formula is C14H16BrN3. The molecule has 0 amide bonds. The molecule has 4 heteroatoms. The van der Waals surface area contributed by atoms with Gasteiger partial charge in [0, 0.05) is 22.8 Å². The van der Waals surface area contributed by atoms with Gasteiger partial charge in [0.1, 0.15) is 0 Å². The molecule has 1 aromatic heterocycles. The molecule has 0 saturated carbocycles. The molecule has 3 N–H and O–H groups in total. The Hall–Kier alpha value is -1.23. The van der Waals surface area contributed by atoms with Crippen LogP contribution >= 0.6 is 15.9 Å². The summed E-state index contributed by atoms with van der Waals surface area (Å²) < 4.78 is 1.07. The van der Waals surface area contributed by atoms with E-state index in [4.69, 9.17) is 5.84 Å². The van der Waals surface area contributed by atoms with Gasteiger partial charge < -0.3 is 0 Å². The van der Waals surface area contributed by atoms with E-state index in [0.717, 1.165) is 22.2 Å². The first-order valence-electron chi connectivity index (χ1n) is 5.82. The maximum Gasteiger partial charge on any atom is 0.0515 e. The lowest BCUT2D eigenvalue weighted by Crippen LogP contribution is -2.29. The van der Waals surface area contributed by atoms with Gasteiger partial charge in [-0.05, 0) is 42.3 Å². The topological polar surface area (TPSA) is 50.9 Å². The first-order chi connectivity index (χ1) is 8.69. The molecule has 0 fully saturated rings. The highest BCUT2D eigenvalue weighted by Gasteiger charge is 2.12. The Labute approximate surface area is 116 Å². The molecule has 0 saturated heterocycles. The van der Waals surface area contributed by atoms with Gasteiger partial charge in [0.15, 0.2) is 0 Å². The average molecular weight is 306 g/mol. The van der Waals surface area contributed by atoms with Crippen molar-refractivity contribution < 1.29 is 0 Å². The van der Waals surface area contributed by atoms with Crippen LogP contribution in [0.2, 0.25) is 0 Å². The summed E-state index contributed by atoms with van der Waals surface area (Å²) in [5.41, 5.74) is 6.26. The first-order valence-corrected chi connectivity index (χ1v) is 6.61. The van der Waals surface area contributed by atoms with E-state index in [9.17, 15) is 0 Å². The monoisotopic (exact) mass is 305 g/mol. The minimum absolute atomic E-state index is 0.0658. The maximum atomic E-state index is 5.66. The van der Waals surface area contributed by atoms with E-state index in [1.165, 1.54) is 5.56 Å². The number of hydrogen-bond acceptors (Lipinski definition) is 3. The highest BCUT2D eigenvalue weighted by atomic mass is 79.9. The predicted molar refractivity (Wildman–Crippen MR) is 76.9 cm³/mol. The number of hydrogen-bond donors (Lipinski definition) is 2. The van der Waals surface area contributed by atoms with Crippen LogP contribution in [0.5, 0.6) is 0 Å². The van der Waals surface area contributed by atoms with Gasteiger partial charge >= 0.3 is 0 Å². The third-order valence-corrected chi connectivity index (χ3v) is 3.27. The number of rotatable bonds is 4. The van der Waals surface area contributed by atoms with Gasteiger partial charge in [-0.1, -0.05) is 28.1 Å². The Morgan fingerprint density at radius 3 is 2.78 bits per heavy atom. The van der Waals surface area contributed by atoms with Gasteiger partial charge in [-0.2, -0.15) is 0 Å². The molecule has 94 valence electrons. The zero-order chi connectivity index (χ0) is 13.0. The van der Waals surface area contributed by atoms with Crippen LogP contribution in [-0.2, 0) is 6.42 Å². The van der Waals surface area contributed by atoms with E-state index in [0.29, 0.717) is 0 Å². The lowest BCUT2D eigenvalue weighted by atomic mass is 10.0. The lowest BCUT2D eigenvalue weighted by Gasteiger charge is -2.17. The molecule has 0 spiro atoms. The highest BCUT2D eigenvalue weighted by Crippen LogP contribution is 2.22. The predicted octanol–water partition coefficient (Wildman–Crippen LogP) is 2.90. The quantitative estimate of drug-likeness (QED) is 0.674. The third kappa shape index (κ3) is 3.38. The van der Waals surface area contributed by atoms with Crippen molar-refractivity contribution in [2.45, 2.75) is 19.4 Å². The molecule has 18 heavy (non-hydrogen) atoms. The zero-order valence-electron chi connectivity index (χ0n) is 10.2. The number of benzene rings is 1. The van der Waals surface area contributed by atoms with Gasteiger partial charge in [-0.15, -0.1) is 0 Å². The molecule has 0 aliphatic heterocycles. The molecule has 1 aromatic carbocycles. The Bertz CT molecular complexity index is 493. The average Bonchev–Trinajstić information content (AvgIpc) is 2.36. The number of aromatic nitrogens is 1. The van der Waals surface area contributed by atoms with Gasteiger partial charge in [0.05, 0.1) is 6.04 Å². The molecule has 1 heterocycles. The normalized spacial score (nSPS) is 12.4. The summed E-state index contributed by atoms with van der Waals surface area (Å²) in [6, 6.07) is 12.3. The number of pyridine rings is 1. The zero-order valence-corrected chi connectivity index (χ0v) is 11.8. The van der Waals surface area contributed by atoms with Crippen molar-refractivity contribution in [2.24, 2.45) is 5.84 Å².